The van der Waals surface area contributed by atoms with E-state index in [1.807, 2.05) is 43.5 Å². The first kappa shape index (κ1) is 20.9. The molecule has 32 heavy (non-hydrogen) atoms. The summed E-state index contributed by atoms with van der Waals surface area (Å²) in [5, 5.41) is 0. The van der Waals surface area contributed by atoms with Crippen LogP contribution in [0, 0.1) is 27.7 Å². The topological polar surface area (TPSA) is 71.0 Å². The van der Waals surface area contributed by atoms with E-state index in [4.69, 9.17) is 9.73 Å². The van der Waals surface area contributed by atoms with Gasteiger partial charge in [-0.3, -0.25) is 14.6 Å². The summed E-state index contributed by atoms with van der Waals surface area (Å²) in [5.74, 6) is 0.988. The van der Waals surface area contributed by atoms with Gasteiger partial charge in [-0.1, -0.05) is 28.8 Å². The zero-order chi connectivity index (χ0) is 22.7. The van der Waals surface area contributed by atoms with Crippen LogP contribution in [0.4, 0.5) is 10.7 Å². The SMILES string of the molecule is Cc1ccc(C)c(CN2C(=O)C3C(=Nc4n3c(C)c(C)[n+]4CC3CCCO3)N(C)C2=O)c1. The number of urea groups is 1. The van der Waals surface area contributed by atoms with Crippen molar-refractivity contribution in [2.75, 3.05) is 13.7 Å². The van der Waals surface area contributed by atoms with Crippen molar-refractivity contribution in [3.8, 4) is 0 Å². The van der Waals surface area contributed by atoms with Gasteiger partial charge in [0.05, 0.1) is 19.2 Å². The molecule has 4 heterocycles. The Labute approximate surface area is 188 Å². The van der Waals surface area contributed by atoms with Crippen LogP contribution in [0.2, 0.25) is 0 Å². The number of likely N-dealkylation sites (N-methyl/N-ethyl adjacent to an activating group) is 1. The van der Waals surface area contributed by atoms with Crippen molar-refractivity contribution in [2.24, 2.45) is 4.99 Å². The van der Waals surface area contributed by atoms with Crippen molar-refractivity contribution in [1.29, 1.82) is 0 Å². The lowest BCUT2D eigenvalue weighted by Gasteiger charge is -2.33. The van der Waals surface area contributed by atoms with Crippen LogP contribution < -0.4 is 4.57 Å². The maximum atomic E-state index is 13.7. The molecule has 0 radical (unpaired) electrons. The largest absolute Gasteiger partial charge is 0.402 e. The molecule has 3 aliphatic rings. The number of nitrogens with zero attached hydrogens (tertiary/aromatic N) is 5. The number of carbonyl (C=O) groups is 2. The fourth-order valence-corrected chi connectivity index (χ4v) is 5.00. The van der Waals surface area contributed by atoms with Crippen LogP contribution in [0.1, 0.15) is 47.0 Å². The zero-order valence-corrected chi connectivity index (χ0v) is 19.4. The first-order chi connectivity index (χ1) is 15.3. The standard InChI is InChI=1S/C24H30N5O3/c1-14-8-9-15(2)18(11-14)12-28-22(30)20-21(26(5)24(28)31)25-23-27(13-19-7-6-10-32-19)16(3)17(4)29(20)23/h8-9,11,19-20H,6-7,10,12-13H2,1-5H3/q+1. The van der Waals surface area contributed by atoms with Gasteiger partial charge in [0, 0.05) is 13.7 Å². The highest BCUT2D eigenvalue weighted by atomic mass is 16.5. The third-order valence-electron chi connectivity index (χ3n) is 7.07. The fraction of sp³-hybridized carbons (Fsp3) is 0.500. The maximum Gasteiger partial charge on any atom is 0.402 e. The second-order valence-electron chi connectivity index (χ2n) is 9.15. The minimum Gasteiger partial charge on any atom is -0.375 e. The van der Waals surface area contributed by atoms with Crippen LogP contribution >= 0.6 is 0 Å². The minimum absolute atomic E-state index is 0.156. The number of hydrogen-bond donors (Lipinski definition) is 0. The number of carbonyl (C=O) groups excluding carboxylic acids is 2. The van der Waals surface area contributed by atoms with Crippen LogP contribution in [-0.2, 0) is 22.6 Å². The van der Waals surface area contributed by atoms with E-state index in [0.29, 0.717) is 12.4 Å². The maximum absolute atomic E-state index is 13.7. The van der Waals surface area contributed by atoms with E-state index in [1.54, 1.807) is 7.05 Å². The molecule has 8 nitrogen and oxygen atoms in total. The molecule has 2 atom stereocenters. The average molecular weight is 437 g/mol. The van der Waals surface area contributed by atoms with E-state index >= 15 is 0 Å². The molecule has 3 amide bonds. The van der Waals surface area contributed by atoms with Crippen LogP contribution in [0.25, 0.3) is 0 Å². The molecule has 1 aromatic heterocycles. The summed E-state index contributed by atoms with van der Waals surface area (Å²) < 4.78 is 9.97. The molecule has 5 rings (SSSR count). The highest BCUT2D eigenvalue weighted by Crippen LogP contribution is 2.36. The van der Waals surface area contributed by atoms with Gasteiger partial charge in [0.15, 0.2) is 0 Å². The molecule has 0 bridgehead atoms. The Hall–Kier alpha value is -3.00. The number of benzene rings is 1. The highest BCUT2D eigenvalue weighted by molar-refractivity contribution is 6.20. The highest BCUT2D eigenvalue weighted by Gasteiger charge is 2.54. The number of rotatable bonds is 4. The van der Waals surface area contributed by atoms with E-state index in [-0.39, 0.29) is 24.6 Å². The second kappa shape index (κ2) is 7.55. The lowest BCUT2D eigenvalue weighted by Crippen LogP contribution is -2.57. The van der Waals surface area contributed by atoms with Crippen molar-refractivity contribution in [1.82, 2.24) is 14.4 Å². The first-order valence-electron chi connectivity index (χ1n) is 11.2. The number of aryl methyl sites for hydroxylation is 2. The van der Waals surface area contributed by atoms with Crippen molar-refractivity contribution < 1.29 is 18.9 Å². The monoisotopic (exact) mass is 436 g/mol. The zero-order valence-electron chi connectivity index (χ0n) is 19.4. The van der Waals surface area contributed by atoms with Gasteiger partial charge < -0.3 is 4.74 Å². The van der Waals surface area contributed by atoms with Crippen LogP contribution in [0.15, 0.2) is 23.2 Å². The van der Waals surface area contributed by atoms with Gasteiger partial charge >= 0.3 is 12.0 Å². The summed E-state index contributed by atoms with van der Waals surface area (Å²) in [6.07, 6.45) is 2.25. The number of amides is 3. The third kappa shape index (κ3) is 3.08. The van der Waals surface area contributed by atoms with E-state index < -0.39 is 6.04 Å². The molecule has 3 aliphatic heterocycles. The lowest BCUT2D eigenvalue weighted by molar-refractivity contribution is -0.695. The molecule has 0 aliphatic carbocycles. The molecular weight excluding hydrogens is 406 g/mol. The quantitative estimate of drug-likeness (QED) is 0.692. The Morgan fingerprint density at radius 1 is 1.19 bits per heavy atom. The van der Waals surface area contributed by atoms with Crippen molar-refractivity contribution in [3.05, 3.63) is 46.3 Å². The molecule has 2 unspecified atom stereocenters. The Kier molecular flexibility index (Phi) is 4.93. The summed E-state index contributed by atoms with van der Waals surface area (Å²) >= 11 is 0. The average Bonchev–Trinajstić information content (AvgIpc) is 3.47. The third-order valence-corrected chi connectivity index (χ3v) is 7.07. The van der Waals surface area contributed by atoms with Crippen molar-refractivity contribution in [3.63, 3.8) is 0 Å². The van der Waals surface area contributed by atoms with Crippen molar-refractivity contribution >= 4 is 23.7 Å². The van der Waals surface area contributed by atoms with Gasteiger partial charge in [-0.15, -0.1) is 0 Å². The van der Waals surface area contributed by atoms with Crippen LogP contribution in [0.5, 0.6) is 0 Å². The fourth-order valence-electron chi connectivity index (χ4n) is 5.00. The van der Waals surface area contributed by atoms with E-state index in [2.05, 4.69) is 11.5 Å². The van der Waals surface area contributed by atoms with Gasteiger partial charge in [-0.05, 0) is 51.7 Å². The molecule has 0 spiro atoms. The molecule has 2 aromatic rings. The summed E-state index contributed by atoms with van der Waals surface area (Å²) in [6, 6.07) is 5.15. The van der Waals surface area contributed by atoms with Gasteiger partial charge in [0.25, 0.3) is 5.91 Å². The second-order valence-corrected chi connectivity index (χ2v) is 9.15. The molecule has 168 valence electrons. The van der Waals surface area contributed by atoms with Gasteiger partial charge in [-0.25, -0.2) is 13.9 Å². The number of imide groups is 1. The number of hydrogen-bond acceptors (Lipinski definition) is 4. The van der Waals surface area contributed by atoms with E-state index in [1.165, 1.54) is 9.80 Å². The van der Waals surface area contributed by atoms with Crippen molar-refractivity contribution in [2.45, 2.75) is 65.8 Å². The summed E-state index contributed by atoms with van der Waals surface area (Å²) in [6.45, 7) is 9.84. The first-order valence-corrected chi connectivity index (χ1v) is 11.2. The number of imidazole rings is 1. The molecule has 2 fully saturated rings. The molecule has 2 saturated heterocycles. The number of aliphatic imine (C=N–C) groups is 1. The van der Waals surface area contributed by atoms with Crippen LogP contribution in [-0.4, -0.2) is 51.9 Å². The van der Waals surface area contributed by atoms with Crippen LogP contribution in [0.3, 0.4) is 0 Å². The summed E-state index contributed by atoms with van der Waals surface area (Å²) in [5.41, 5.74) is 5.21. The molecular formula is C24H30N5O3+. The molecule has 0 saturated carbocycles. The smallest absolute Gasteiger partial charge is 0.375 e. The Morgan fingerprint density at radius 2 is 1.97 bits per heavy atom. The predicted octanol–water partition coefficient (Wildman–Crippen LogP) is 2.87. The number of amidine groups is 1. The Morgan fingerprint density at radius 3 is 2.69 bits per heavy atom. The Balaban J connectivity index is 1.53. The van der Waals surface area contributed by atoms with E-state index in [0.717, 1.165) is 53.5 Å². The number of fused-ring (bicyclic) bond motifs is 3. The lowest BCUT2D eigenvalue weighted by atomic mass is 10.0. The van der Waals surface area contributed by atoms with Gasteiger partial charge in [-0.2, -0.15) is 0 Å². The van der Waals surface area contributed by atoms with Gasteiger partial charge in [0.2, 0.25) is 11.9 Å². The van der Waals surface area contributed by atoms with Gasteiger partial charge in [0.1, 0.15) is 11.4 Å². The molecule has 0 N–H and O–H groups in total. The Bertz CT molecular complexity index is 1160. The van der Waals surface area contributed by atoms with E-state index in [9.17, 15) is 9.59 Å². The molecule has 1 aromatic carbocycles. The summed E-state index contributed by atoms with van der Waals surface area (Å²) in [7, 11) is 1.70. The summed E-state index contributed by atoms with van der Waals surface area (Å²) in [4.78, 5) is 34.5. The molecule has 8 heteroatoms. The predicted molar refractivity (Wildman–Crippen MR) is 119 cm³/mol. The normalized spacial score (nSPS) is 22.5. The number of aromatic nitrogens is 2. The number of ether oxygens (including phenoxy) is 1. The minimum atomic E-state index is -0.623.